The highest BCUT2D eigenvalue weighted by molar-refractivity contribution is 5.81. The largest absolute Gasteiger partial charge is 0.460 e. The fourth-order valence-electron chi connectivity index (χ4n) is 4.98. The van der Waals surface area contributed by atoms with Crippen LogP contribution in [0.2, 0.25) is 0 Å². The average Bonchev–Trinajstić information content (AvgIpc) is 3.02. The molecule has 0 spiro atoms. The van der Waals surface area contributed by atoms with E-state index in [1.165, 1.54) is 12.8 Å². The molecule has 0 aromatic rings. The molecule has 20 heavy (non-hydrogen) atoms. The number of esters is 1. The molecule has 1 N–H and O–H groups in total. The van der Waals surface area contributed by atoms with Crippen LogP contribution in [0.4, 0.5) is 0 Å². The van der Waals surface area contributed by atoms with Crippen molar-refractivity contribution in [3.05, 3.63) is 0 Å². The van der Waals surface area contributed by atoms with Gasteiger partial charge >= 0.3 is 5.97 Å². The average molecular weight is 279 g/mol. The molecular formula is C17H29NO2. The molecule has 3 fully saturated rings. The molecule has 3 aliphatic rings. The molecule has 1 saturated heterocycles. The molecule has 0 amide bonds. The van der Waals surface area contributed by atoms with Crippen LogP contribution in [0.15, 0.2) is 0 Å². The second-order valence-corrected chi connectivity index (χ2v) is 7.97. The summed E-state index contributed by atoms with van der Waals surface area (Å²) in [5.74, 6) is 0.728. The van der Waals surface area contributed by atoms with E-state index in [9.17, 15) is 4.79 Å². The zero-order chi connectivity index (χ0) is 14.6. The lowest BCUT2D eigenvalue weighted by molar-refractivity contribution is -0.164. The number of hydrogen-bond acceptors (Lipinski definition) is 3. The van der Waals surface area contributed by atoms with Gasteiger partial charge in [-0.1, -0.05) is 27.7 Å². The van der Waals surface area contributed by atoms with Gasteiger partial charge in [-0.3, -0.25) is 4.79 Å². The summed E-state index contributed by atoms with van der Waals surface area (Å²) in [4.78, 5) is 12.7. The summed E-state index contributed by atoms with van der Waals surface area (Å²) in [6.07, 6.45) is 6.54. The molecule has 0 aromatic heterocycles. The molecule has 3 heteroatoms. The van der Waals surface area contributed by atoms with Crippen LogP contribution < -0.4 is 5.32 Å². The molecule has 0 aromatic carbocycles. The van der Waals surface area contributed by atoms with Gasteiger partial charge in [-0.15, -0.1) is 0 Å². The molecule has 3 nitrogen and oxygen atoms in total. The molecule has 2 aliphatic carbocycles. The van der Waals surface area contributed by atoms with E-state index in [0.717, 1.165) is 38.1 Å². The minimum Gasteiger partial charge on any atom is -0.460 e. The zero-order valence-electron chi connectivity index (χ0n) is 13.4. The first kappa shape index (κ1) is 14.4. The third kappa shape index (κ3) is 1.71. The lowest BCUT2D eigenvalue weighted by Crippen LogP contribution is -2.51. The van der Waals surface area contributed by atoms with Crippen LogP contribution in [-0.4, -0.2) is 24.2 Å². The maximum Gasteiger partial charge on any atom is 0.326 e. The molecule has 2 bridgehead atoms. The topological polar surface area (TPSA) is 38.3 Å². The van der Waals surface area contributed by atoms with E-state index >= 15 is 0 Å². The van der Waals surface area contributed by atoms with Gasteiger partial charge in [0.05, 0.1) is 0 Å². The van der Waals surface area contributed by atoms with Gasteiger partial charge in [0, 0.05) is 5.41 Å². The first-order valence-corrected chi connectivity index (χ1v) is 8.32. The van der Waals surface area contributed by atoms with E-state index in [2.05, 4.69) is 33.0 Å². The van der Waals surface area contributed by atoms with Gasteiger partial charge in [-0.25, -0.2) is 0 Å². The number of carbonyl (C=O) groups is 1. The van der Waals surface area contributed by atoms with Gasteiger partial charge in [0.15, 0.2) is 0 Å². The summed E-state index contributed by atoms with van der Waals surface area (Å²) >= 11 is 0. The standard InChI is InChI=1S/C17H29NO2/c1-5-17(8-6-10-18-17)14(19)20-13-11-12-7-9-16(13,4)15(12,2)3/h12-13,18H,5-11H2,1-4H3. The first-order valence-electron chi connectivity index (χ1n) is 8.32. The fourth-order valence-corrected chi connectivity index (χ4v) is 4.98. The Bertz CT molecular complexity index is 411. The molecule has 3 rings (SSSR count). The van der Waals surface area contributed by atoms with Crippen molar-refractivity contribution >= 4 is 5.97 Å². The Balaban J connectivity index is 1.75. The highest BCUT2D eigenvalue weighted by atomic mass is 16.5. The van der Waals surface area contributed by atoms with Crippen LogP contribution in [0.3, 0.4) is 0 Å². The van der Waals surface area contributed by atoms with Gasteiger partial charge in [-0.2, -0.15) is 0 Å². The lowest BCUT2D eigenvalue weighted by Gasteiger charge is -2.39. The van der Waals surface area contributed by atoms with E-state index in [1.807, 2.05) is 0 Å². The molecule has 2 saturated carbocycles. The monoisotopic (exact) mass is 279 g/mol. The summed E-state index contributed by atoms with van der Waals surface area (Å²) in [6, 6.07) is 0. The van der Waals surface area contributed by atoms with Crippen molar-refractivity contribution in [2.45, 2.75) is 77.9 Å². The van der Waals surface area contributed by atoms with Gasteiger partial charge in [0.2, 0.25) is 0 Å². The van der Waals surface area contributed by atoms with Crippen LogP contribution in [-0.2, 0) is 9.53 Å². The van der Waals surface area contributed by atoms with Crippen LogP contribution in [0.25, 0.3) is 0 Å². The maximum atomic E-state index is 12.7. The highest BCUT2D eigenvalue weighted by Crippen LogP contribution is 2.66. The molecule has 1 heterocycles. The van der Waals surface area contributed by atoms with Crippen LogP contribution in [0.1, 0.15) is 66.2 Å². The maximum absolute atomic E-state index is 12.7. The van der Waals surface area contributed by atoms with Crippen LogP contribution >= 0.6 is 0 Å². The van der Waals surface area contributed by atoms with Crippen molar-refractivity contribution in [1.29, 1.82) is 0 Å². The summed E-state index contributed by atoms with van der Waals surface area (Å²) in [5, 5.41) is 3.40. The van der Waals surface area contributed by atoms with Gasteiger partial charge < -0.3 is 10.1 Å². The molecule has 0 radical (unpaired) electrons. The minimum absolute atomic E-state index is 0.00655. The summed E-state index contributed by atoms with van der Waals surface area (Å²) in [6.45, 7) is 10.1. The summed E-state index contributed by atoms with van der Waals surface area (Å²) in [5.41, 5.74) is 0.0730. The van der Waals surface area contributed by atoms with Crippen molar-refractivity contribution in [3.8, 4) is 0 Å². The number of nitrogens with one attached hydrogen (secondary N) is 1. The summed E-state index contributed by atoms with van der Waals surface area (Å²) in [7, 11) is 0. The summed E-state index contributed by atoms with van der Waals surface area (Å²) < 4.78 is 6.06. The van der Waals surface area contributed by atoms with E-state index in [0.29, 0.717) is 5.41 Å². The van der Waals surface area contributed by atoms with Crippen molar-refractivity contribution in [2.75, 3.05) is 6.54 Å². The third-order valence-electron chi connectivity index (χ3n) is 7.20. The Hall–Kier alpha value is -0.570. The van der Waals surface area contributed by atoms with E-state index in [4.69, 9.17) is 4.74 Å². The number of fused-ring (bicyclic) bond motifs is 2. The molecular weight excluding hydrogens is 250 g/mol. The van der Waals surface area contributed by atoms with Crippen molar-refractivity contribution < 1.29 is 9.53 Å². The van der Waals surface area contributed by atoms with E-state index in [1.54, 1.807) is 0 Å². The molecule has 4 unspecified atom stereocenters. The smallest absolute Gasteiger partial charge is 0.326 e. The Labute approximate surface area is 122 Å². The first-order chi connectivity index (χ1) is 9.36. The van der Waals surface area contributed by atoms with Gasteiger partial charge in [0.25, 0.3) is 0 Å². The molecule has 114 valence electrons. The SMILES string of the molecule is CCC1(C(=O)OC2CC3CCC2(C)C3(C)C)CCCN1. The highest BCUT2D eigenvalue weighted by Gasteiger charge is 2.63. The number of hydrogen-bond donors (Lipinski definition) is 1. The Morgan fingerprint density at radius 1 is 1.30 bits per heavy atom. The second-order valence-electron chi connectivity index (χ2n) is 7.97. The number of carbonyl (C=O) groups excluding carboxylic acids is 1. The lowest BCUT2D eigenvalue weighted by atomic mass is 9.70. The Morgan fingerprint density at radius 2 is 2.05 bits per heavy atom. The quantitative estimate of drug-likeness (QED) is 0.806. The minimum atomic E-state index is -0.400. The fraction of sp³-hybridized carbons (Fsp3) is 0.941. The predicted octanol–water partition coefficient (Wildman–Crippen LogP) is 3.28. The van der Waals surface area contributed by atoms with Crippen molar-refractivity contribution in [2.24, 2.45) is 16.7 Å². The number of rotatable bonds is 3. The van der Waals surface area contributed by atoms with Gasteiger partial charge in [0.1, 0.15) is 11.6 Å². The predicted molar refractivity (Wildman–Crippen MR) is 79.4 cm³/mol. The Kier molecular flexibility index (Phi) is 3.20. The molecule has 4 atom stereocenters. The van der Waals surface area contributed by atoms with Crippen molar-refractivity contribution in [3.63, 3.8) is 0 Å². The Morgan fingerprint density at radius 3 is 2.50 bits per heavy atom. The van der Waals surface area contributed by atoms with Crippen molar-refractivity contribution in [1.82, 2.24) is 5.32 Å². The van der Waals surface area contributed by atoms with E-state index in [-0.39, 0.29) is 17.5 Å². The van der Waals surface area contributed by atoms with E-state index < -0.39 is 5.54 Å². The normalized spacial score (nSPS) is 45.8. The third-order valence-corrected chi connectivity index (χ3v) is 7.20. The molecule has 1 aliphatic heterocycles. The van der Waals surface area contributed by atoms with Crippen LogP contribution in [0, 0.1) is 16.7 Å². The number of ether oxygens (including phenoxy) is 1. The zero-order valence-corrected chi connectivity index (χ0v) is 13.4. The van der Waals surface area contributed by atoms with Gasteiger partial charge in [-0.05, 0) is 56.4 Å². The second kappa shape index (κ2) is 4.46. The van der Waals surface area contributed by atoms with Crippen LogP contribution in [0.5, 0.6) is 0 Å².